The normalized spacial score (nSPS) is 12.0. The minimum Gasteiger partial charge on any atom is -0.456 e. The Morgan fingerprint density at radius 1 is 0.267 bits per heavy atom. The summed E-state index contributed by atoms with van der Waals surface area (Å²) in [5, 5.41) is 8.20. The summed E-state index contributed by atoms with van der Waals surface area (Å²) in [6.07, 6.45) is 0. The lowest BCUT2D eigenvalue weighted by Gasteiger charge is -2.11. The van der Waals surface area contributed by atoms with Crippen LogP contribution in [0.25, 0.3) is 121 Å². The van der Waals surface area contributed by atoms with Crippen molar-refractivity contribution in [3.63, 3.8) is 0 Å². The average molecular weight is 767 g/mol. The number of hydrogen-bond acceptors (Lipinski definition) is 2. The summed E-state index contributed by atoms with van der Waals surface area (Å²) in [7, 11) is 0. The van der Waals surface area contributed by atoms with E-state index in [9.17, 15) is 0 Å². The summed E-state index contributed by atoms with van der Waals surface area (Å²) >= 11 is 0. The van der Waals surface area contributed by atoms with Gasteiger partial charge in [0.25, 0.3) is 0 Å². The van der Waals surface area contributed by atoms with Crippen LogP contribution in [-0.4, -0.2) is 9.13 Å². The van der Waals surface area contributed by atoms with Crippen LogP contribution in [0.3, 0.4) is 0 Å². The van der Waals surface area contributed by atoms with Crippen molar-refractivity contribution < 1.29 is 8.83 Å². The van der Waals surface area contributed by atoms with Gasteiger partial charge >= 0.3 is 0 Å². The molecule has 4 aromatic heterocycles. The quantitative estimate of drug-likeness (QED) is 0.175. The third kappa shape index (κ3) is 4.91. The molecule has 0 saturated carbocycles. The van der Waals surface area contributed by atoms with Crippen molar-refractivity contribution in [2.45, 2.75) is 0 Å². The van der Waals surface area contributed by atoms with Crippen molar-refractivity contribution in [3.05, 3.63) is 206 Å². The van der Waals surface area contributed by atoms with Crippen molar-refractivity contribution in [3.8, 4) is 44.8 Å². The third-order valence-corrected chi connectivity index (χ3v) is 12.3. The number of para-hydroxylation sites is 4. The summed E-state index contributed by atoms with van der Waals surface area (Å²) in [5.74, 6) is 0. The number of aromatic nitrogens is 2. The molecule has 0 aliphatic heterocycles. The first-order chi connectivity index (χ1) is 29.7. The Balaban J connectivity index is 0.877. The van der Waals surface area contributed by atoms with Gasteiger partial charge in [-0.15, -0.1) is 0 Å². The standard InChI is InChI=1S/C56H34N2O2/c1-2-12-41(13-3-1)58-51-30-27-39(33-48(51)55-46-17-6-9-20-53(46)60-56(55)58)36-23-21-35(22-24-36)38-26-29-50-47(32-38)43-15-4-7-18-49(43)57(50)42-14-10-11-37(31-42)40-25-28-45-44-16-5-8-19-52(44)59-54(45)34-40/h1-34H. The Morgan fingerprint density at radius 3 is 1.58 bits per heavy atom. The van der Waals surface area contributed by atoms with Crippen LogP contribution in [0.5, 0.6) is 0 Å². The first-order valence-corrected chi connectivity index (χ1v) is 20.4. The summed E-state index contributed by atoms with van der Waals surface area (Å²) in [4.78, 5) is 0. The number of nitrogens with zero attached hydrogens (tertiary/aromatic N) is 2. The lowest BCUT2D eigenvalue weighted by Crippen LogP contribution is -1.94. The van der Waals surface area contributed by atoms with E-state index in [1.165, 1.54) is 49.4 Å². The van der Waals surface area contributed by atoms with Crippen molar-refractivity contribution in [2.24, 2.45) is 0 Å². The minimum atomic E-state index is 0.871. The van der Waals surface area contributed by atoms with E-state index in [-0.39, 0.29) is 0 Å². The van der Waals surface area contributed by atoms with Gasteiger partial charge in [-0.1, -0.05) is 127 Å². The predicted octanol–water partition coefficient (Wildman–Crippen LogP) is 15.5. The molecule has 280 valence electrons. The molecular formula is C56H34N2O2. The van der Waals surface area contributed by atoms with Crippen LogP contribution < -0.4 is 0 Å². The van der Waals surface area contributed by atoms with Gasteiger partial charge < -0.3 is 13.4 Å². The van der Waals surface area contributed by atoms with E-state index in [4.69, 9.17) is 8.83 Å². The number of hydrogen-bond donors (Lipinski definition) is 0. The van der Waals surface area contributed by atoms with E-state index in [1.807, 2.05) is 18.2 Å². The van der Waals surface area contributed by atoms with Crippen LogP contribution in [-0.2, 0) is 0 Å². The maximum atomic E-state index is 6.52. The van der Waals surface area contributed by atoms with E-state index in [2.05, 4.69) is 197 Å². The van der Waals surface area contributed by atoms with Gasteiger partial charge in [0.05, 0.1) is 21.9 Å². The lowest BCUT2D eigenvalue weighted by atomic mass is 9.98. The highest BCUT2D eigenvalue weighted by Gasteiger charge is 2.20. The molecule has 4 nitrogen and oxygen atoms in total. The molecule has 0 radical (unpaired) electrons. The second-order valence-electron chi connectivity index (χ2n) is 15.7. The van der Waals surface area contributed by atoms with Gasteiger partial charge in [-0.3, -0.25) is 4.57 Å². The maximum Gasteiger partial charge on any atom is 0.213 e. The monoisotopic (exact) mass is 766 g/mol. The third-order valence-electron chi connectivity index (χ3n) is 12.3. The number of rotatable bonds is 5. The zero-order chi connectivity index (χ0) is 39.3. The van der Waals surface area contributed by atoms with Gasteiger partial charge in [-0.25, -0.2) is 0 Å². The van der Waals surface area contributed by atoms with Crippen molar-refractivity contribution in [1.29, 1.82) is 0 Å². The molecule has 0 saturated heterocycles. The second-order valence-corrected chi connectivity index (χ2v) is 15.7. The maximum absolute atomic E-state index is 6.52. The highest BCUT2D eigenvalue weighted by molar-refractivity contribution is 6.20. The molecule has 0 aliphatic rings. The molecular weight excluding hydrogens is 733 g/mol. The zero-order valence-electron chi connectivity index (χ0n) is 32.3. The van der Waals surface area contributed by atoms with Gasteiger partial charge in [0.2, 0.25) is 5.71 Å². The SMILES string of the molecule is c1ccc(-n2c3ccc(-c4ccc(-c5ccc6c(c5)c5ccccc5n6-c5cccc(-c6ccc7c(c6)oc6ccccc67)c5)cc4)cc3c3c4ccccc4oc32)cc1. The fourth-order valence-corrected chi connectivity index (χ4v) is 9.52. The molecule has 13 rings (SSSR count). The fraction of sp³-hybridized carbons (Fsp3) is 0. The first-order valence-electron chi connectivity index (χ1n) is 20.4. The van der Waals surface area contributed by atoms with Crippen LogP contribution in [0.4, 0.5) is 0 Å². The molecule has 0 N–H and O–H groups in total. The largest absolute Gasteiger partial charge is 0.456 e. The first kappa shape index (κ1) is 32.9. The van der Waals surface area contributed by atoms with E-state index >= 15 is 0 Å². The fourth-order valence-electron chi connectivity index (χ4n) is 9.52. The van der Waals surface area contributed by atoms with Crippen molar-refractivity contribution in [2.75, 3.05) is 0 Å². The molecule has 0 amide bonds. The molecule has 4 heteroatoms. The average Bonchev–Trinajstić information content (AvgIpc) is 4.06. The predicted molar refractivity (Wildman–Crippen MR) is 248 cm³/mol. The summed E-state index contributed by atoms with van der Waals surface area (Å²) in [6.45, 7) is 0. The van der Waals surface area contributed by atoms with Crippen molar-refractivity contribution >= 4 is 76.7 Å². The molecule has 9 aromatic carbocycles. The zero-order valence-corrected chi connectivity index (χ0v) is 32.3. The van der Waals surface area contributed by atoms with Gasteiger partial charge in [-0.2, -0.15) is 0 Å². The summed E-state index contributed by atoms with van der Waals surface area (Å²) in [6, 6.07) is 73.8. The van der Waals surface area contributed by atoms with E-state index in [0.29, 0.717) is 0 Å². The highest BCUT2D eigenvalue weighted by atomic mass is 16.3. The Labute approximate surface area is 344 Å². The highest BCUT2D eigenvalue weighted by Crippen LogP contribution is 2.42. The second kappa shape index (κ2) is 12.7. The molecule has 0 unspecified atom stereocenters. The van der Waals surface area contributed by atoms with Crippen LogP contribution in [0.1, 0.15) is 0 Å². The topological polar surface area (TPSA) is 36.1 Å². The summed E-state index contributed by atoms with van der Waals surface area (Å²) < 4.78 is 17.4. The lowest BCUT2D eigenvalue weighted by molar-refractivity contribution is 0.645. The number of furan rings is 2. The van der Waals surface area contributed by atoms with Gasteiger partial charge in [0, 0.05) is 43.7 Å². The van der Waals surface area contributed by atoms with Crippen molar-refractivity contribution in [1.82, 2.24) is 9.13 Å². The number of benzene rings is 9. The molecule has 13 aromatic rings. The molecule has 0 atom stereocenters. The van der Waals surface area contributed by atoms with Gasteiger partial charge in [0.15, 0.2) is 0 Å². The van der Waals surface area contributed by atoms with Crippen LogP contribution in [0.15, 0.2) is 215 Å². The van der Waals surface area contributed by atoms with E-state index < -0.39 is 0 Å². The Bertz CT molecular complexity index is 3820. The van der Waals surface area contributed by atoms with Gasteiger partial charge in [-0.05, 0) is 112 Å². The molecule has 0 fully saturated rings. The molecule has 0 bridgehead atoms. The minimum absolute atomic E-state index is 0.871. The van der Waals surface area contributed by atoms with E-state index in [0.717, 1.165) is 72.0 Å². The Morgan fingerprint density at radius 2 is 0.800 bits per heavy atom. The van der Waals surface area contributed by atoms with Gasteiger partial charge in [0.1, 0.15) is 16.7 Å². The molecule has 60 heavy (non-hydrogen) atoms. The number of fused-ring (bicyclic) bond motifs is 11. The smallest absolute Gasteiger partial charge is 0.213 e. The Kier molecular flexibility index (Phi) is 6.98. The molecule has 4 heterocycles. The van der Waals surface area contributed by atoms with E-state index in [1.54, 1.807) is 0 Å². The van der Waals surface area contributed by atoms with Crippen LogP contribution >= 0.6 is 0 Å². The van der Waals surface area contributed by atoms with Crippen LogP contribution in [0.2, 0.25) is 0 Å². The Hall–Kier alpha value is -8.08. The molecule has 0 spiro atoms. The molecule has 0 aliphatic carbocycles. The van der Waals surface area contributed by atoms with Crippen LogP contribution in [0, 0.1) is 0 Å². The summed E-state index contributed by atoms with van der Waals surface area (Å²) in [5.41, 5.74) is 16.3.